The normalized spacial score (nSPS) is 33.0. The molecule has 62 valence electrons. The minimum absolute atomic E-state index is 0.0972. The molecule has 0 aromatic heterocycles. The summed E-state index contributed by atoms with van der Waals surface area (Å²) in [6.45, 7) is 7.59. The smallest absolute Gasteiger partial charge is 0.307 e. The predicted molar refractivity (Wildman–Crippen MR) is 46.5 cm³/mol. The van der Waals surface area contributed by atoms with Crippen LogP contribution in [0.5, 0.6) is 0 Å². The lowest BCUT2D eigenvalue weighted by Gasteiger charge is -1.97. The molecular formula is C8H11BrO2. The Labute approximate surface area is 74.4 Å². The van der Waals surface area contributed by atoms with Crippen LogP contribution in [0.1, 0.15) is 13.8 Å². The predicted octanol–water partition coefficient (Wildman–Crippen LogP) is 2.25. The van der Waals surface area contributed by atoms with E-state index >= 15 is 0 Å². The molecule has 11 heavy (non-hydrogen) atoms. The molecule has 0 bridgehead atoms. The molecule has 0 spiro atoms. The van der Waals surface area contributed by atoms with E-state index in [4.69, 9.17) is 5.11 Å². The van der Waals surface area contributed by atoms with Crippen LogP contribution < -0.4 is 0 Å². The first-order chi connectivity index (χ1) is 4.89. The van der Waals surface area contributed by atoms with E-state index in [1.807, 2.05) is 13.8 Å². The van der Waals surface area contributed by atoms with Crippen LogP contribution in [-0.4, -0.2) is 11.1 Å². The van der Waals surface area contributed by atoms with Gasteiger partial charge in [-0.15, -0.1) is 0 Å². The van der Waals surface area contributed by atoms with Crippen molar-refractivity contribution in [1.29, 1.82) is 0 Å². The van der Waals surface area contributed by atoms with Crippen molar-refractivity contribution in [3.05, 3.63) is 11.1 Å². The molecule has 0 amide bonds. The molecule has 0 radical (unpaired) electrons. The van der Waals surface area contributed by atoms with Gasteiger partial charge in [0.05, 0.1) is 5.92 Å². The fourth-order valence-corrected chi connectivity index (χ4v) is 2.54. The van der Waals surface area contributed by atoms with Crippen LogP contribution in [0.15, 0.2) is 11.1 Å². The van der Waals surface area contributed by atoms with Gasteiger partial charge in [-0.2, -0.15) is 0 Å². The molecule has 0 aromatic carbocycles. The van der Waals surface area contributed by atoms with Crippen molar-refractivity contribution >= 4 is 21.9 Å². The molecule has 3 heteroatoms. The first-order valence-electron chi connectivity index (χ1n) is 3.46. The fraction of sp³-hybridized carbons (Fsp3) is 0.625. The fourth-order valence-electron chi connectivity index (χ4n) is 1.68. The second kappa shape index (κ2) is 2.34. The van der Waals surface area contributed by atoms with Gasteiger partial charge in [0.2, 0.25) is 0 Å². The van der Waals surface area contributed by atoms with Gasteiger partial charge in [0, 0.05) is 5.92 Å². The summed E-state index contributed by atoms with van der Waals surface area (Å²) in [6, 6.07) is 0. The highest BCUT2D eigenvalue weighted by atomic mass is 79.9. The highest BCUT2D eigenvalue weighted by Crippen LogP contribution is 2.62. The van der Waals surface area contributed by atoms with Crippen LogP contribution in [0.2, 0.25) is 0 Å². The summed E-state index contributed by atoms with van der Waals surface area (Å²) in [7, 11) is 0. The van der Waals surface area contributed by atoms with Crippen molar-refractivity contribution in [2.24, 2.45) is 17.3 Å². The monoisotopic (exact) mass is 218 g/mol. The molecule has 0 heterocycles. The van der Waals surface area contributed by atoms with Gasteiger partial charge in [0.1, 0.15) is 0 Å². The number of carboxylic acid groups (broad SMARTS) is 1. The number of hydrogen-bond acceptors (Lipinski definition) is 1. The highest BCUT2D eigenvalue weighted by molar-refractivity contribution is 9.11. The van der Waals surface area contributed by atoms with Gasteiger partial charge in [-0.1, -0.05) is 36.4 Å². The highest BCUT2D eigenvalue weighted by Gasteiger charge is 2.62. The number of hydrogen-bond donors (Lipinski definition) is 1. The van der Waals surface area contributed by atoms with Crippen molar-refractivity contribution in [2.75, 3.05) is 0 Å². The number of carbonyl (C=O) groups is 1. The zero-order valence-electron chi connectivity index (χ0n) is 6.60. The van der Waals surface area contributed by atoms with E-state index in [9.17, 15) is 4.79 Å². The molecule has 1 N–H and O–H groups in total. The first-order valence-corrected chi connectivity index (χ1v) is 4.25. The lowest BCUT2D eigenvalue weighted by atomic mass is 10.1. The third kappa shape index (κ3) is 1.22. The molecule has 0 aliphatic heterocycles. The average Bonchev–Trinajstić information content (AvgIpc) is 2.33. The zero-order chi connectivity index (χ0) is 8.81. The van der Waals surface area contributed by atoms with E-state index in [0.29, 0.717) is 0 Å². The third-order valence-corrected chi connectivity index (χ3v) is 2.92. The minimum atomic E-state index is -0.722. The second-order valence-corrected chi connectivity index (χ2v) is 4.58. The summed E-state index contributed by atoms with van der Waals surface area (Å²) in [4.78, 5) is 10.6. The molecule has 1 fully saturated rings. The summed E-state index contributed by atoms with van der Waals surface area (Å²) >= 11 is 3.23. The SMILES string of the molecule is C=C(Br)C1C(C(=O)O)C1(C)C. The Bertz CT molecular complexity index is 198. The molecule has 2 nitrogen and oxygen atoms in total. The van der Waals surface area contributed by atoms with E-state index < -0.39 is 5.97 Å². The molecular weight excluding hydrogens is 208 g/mol. The Morgan fingerprint density at radius 3 is 2.09 bits per heavy atom. The Kier molecular flexibility index (Phi) is 1.87. The van der Waals surface area contributed by atoms with Gasteiger partial charge in [0.15, 0.2) is 0 Å². The Hall–Kier alpha value is -0.310. The Morgan fingerprint density at radius 1 is 1.55 bits per heavy atom. The van der Waals surface area contributed by atoms with Gasteiger partial charge < -0.3 is 5.11 Å². The number of carboxylic acids is 1. The average molecular weight is 219 g/mol. The van der Waals surface area contributed by atoms with Crippen molar-refractivity contribution in [3.63, 3.8) is 0 Å². The first kappa shape index (κ1) is 8.78. The summed E-state index contributed by atoms with van der Waals surface area (Å²) in [5.41, 5.74) is -0.119. The molecule has 1 saturated carbocycles. The summed E-state index contributed by atoms with van der Waals surface area (Å²) in [5.74, 6) is -0.880. The van der Waals surface area contributed by atoms with E-state index in [1.54, 1.807) is 0 Å². The molecule has 1 rings (SSSR count). The molecule has 1 aliphatic rings. The summed E-state index contributed by atoms with van der Waals surface area (Å²) < 4.78 is 0.801. The van der Waals surface area contributed by atoms with Crippen LogP contribution in [0, 0.1) is 17.3 Å². The number of aliphatic carboxylic acids is 1. The Balaban J connectivity index is 2.76. The largest absolute Gasteiger partial charge is 0.481 e. The molecule has 2 atom stereocenters. The molecule has 1 aliphatic carbocycles. The molecule has 0 saturated heterocycles. The molecule has 0 aromatic rings. The quantitative estimate of drug-likeness (QED) is 0.773. The maximum Gasteiger partial charge on any atom is 0.307 e. The lowest BCUT2D eigenvalue weighted by molar-refractivity contribution is -0.139. The van der Waals surface area contributed by atoms with E-state index in [1.165, 1.54) is 0 Å². The zero-order valence-corrected chi connectivity index (χ0v) is 8.18. The van der Waals surface area contributed by atoms with Crippen molar-refractivity contribution < 1.29 is 9.90 Å². The van der Waals surface area contributed by atoms with Gasteiger partial charge in [-0.05, 0) is 9.90 Å². The van der Waals surface area contributed by atoms with Crippen molar-refractivity contribution in [1.82, 2.24) is 0 Å². The lowest BCUT2D eigenvalue weighted by Crippen LogP contribution is -2.03. The summed E-state index contributed by atoms with van der Waals surface area (Å²) in [5, 5.41) is 8.75. The number of rotatable bonds is 2. The van der Waals surface area contributed by atoms with Gasteiger partial charge in [-0.25, -0.2) is 0 Å². The van der Waals surface area contributed by atoms with Crippen LogP contribution >= 0.6 is 15.9 Å². The van der Waals surface area contributed by atoms with Gasteiger partial charge in [0.25, 0.3) is 0 Å². The van der Waals surface area contributed by atoms with E-state index in [-0.39, 0.29) is 17.3 Å². The van der Waals surface area contributed by atoms with Gasteiger partial charge in [-0.3, -0.25) is 4.79 Å². The van der Waals surface area contributed by atoms with Crippen LogP contribution in [0.4, 0.5) is 0 Å². The van der Waals surface area contributed by atoms with E-state index in [2.05, 4.69) is 22.5 Å². The van der Waals surface area contributed by atoms with Crippen LogP contribution in [0.25, 0.3) is 0 Å². The number of halogens is 1. The van der Waals surface area contributed by atoms with Crippen LogP contribution in [-0.2, 0) is 4.79 Å². The van der Waals surface area contributed by atoms with E-state index in [0.717, 1.165) is 4.48 Å². The molecule has 2 unspecified atom stereocenters. The maximum absolute atomic E-state index is 10.6. The topological polar surface area (TPSA) is 37.3 Å². The van der Waals surface area contributed by atoms with Gasteiger partial charge >= 0.3 is 5.97 Å². The van der Waals surface area contributed by atoms with Crippen LogP contribution in [0.3, 0.4) is 0 Å². The second-order valence-electron chi connectivity index (χ2n) is 3.56. The standard InChI is InChI=1S/C8H11BrO2/c1-4(9)5-6(7(10)11)8(5,2)3/h5-6H,1H2,2-3H3,(H,10,11). The summed E-state index contributed by atoms with van der Waals surface area (Å²) in [6.07, 6.45) is 0. The number of allylic oxidation sites excluding steroid dienone is 1. The maximum atomic E-state index is 10.6. The van der Waals surface area contributed by atoms with Crippen molar-refractivity contribution in [2.45, 2.75) is 13.8 Å². The minimum Gasteiger partial charge on any atom is -0.481 e. The van der Waals surface area contributed by atoms with Crippen molar-refractivity contribution in [3.8, 4) is 0 Å². The Morgan fingerprint density at radius 2 is 2.00 bits per heavy atom. The third-order valence-electron chi connectivity index (χ3n) is 2.43.